The van der Waals surface area contributed by atoms with Crippen LogP contribution in [0.2, 0.25) is 17.1 Å². The molecule has 1 atom stereocenters. The molecule has 8 nitrogen and oxygen atoms in total. The second-order valence-corrected chi connectivity index (χ2v) is 20.3. The molecule has 0 spiro atoms. The Morgan fingerprint density at radius 2 is 1.18 bits per heavy atom. The van der Waals surface area contributed by atoms with Crippen LogP contribution in [0.25, 0.3) is 0 Å². The molecule has 2 rings (SSSR count). The highest BCUT2D eigenvalue weighted by Gasteiger charge is 2.95. The normalized spacial score (nSPS) is 14.3. The molecule has 0 aliphatic carbocycles. The number of carbonyl (C=O) groups is 2. The molecule has 0 aliphatic rings. The van der Waals surface area contributed by atoms with Crippen LogP contribution < -0.4 is 14.8 Å². The first-order chi connectivity index (χ1) is 30.5. The van der Waals surface area contributed by atoms with Gasteiger partial charge >= 0.3 is 59.7 Å². The molecule has 0 aromatic heterocycles. The van der Waals surface area contributed by atoms with Crippen molar-refractivity contribution >= 4 is 26.1 Å². The van der Waals surface area contributed by atoms with Gasteiger partial charge in [-0.05, 0) is 71.9 Å². The van der Waals surface area contributed by atoms with Crippen LogP contribution in [0.1, 0.15) is 58.6 Å². The fraction of sp³-hybridized carbons (Fsp3) is 0.561. The maximum atomic E-state index is 15.0. The smallest absolute Gasteiger partial charge is 0.460 e. The number of carbonyl (C=O) groups excluding carboxylic acids is 2. The molecule has 2 aromatic carbocycles. The number of allylic oxidation sites excluding steroid dienone is 1. The number of alkyl halides is 17. The van der Waals surface area contributed by atoms with Gasteiger partial charge in [0, 0.05) is 18.2 Å². The van der Waals surface area contributed by atoms with E-state index < -0.39 is 111 Å². The van der Waals surface area contributed by atoms with Crippen LogP contribution in [0.3, 0.4) is 0 Å². The van der Waals surface area contributed by atoms with Crippen molar-refractivity contribution in [2.45, 2.75) is 118 Å². The van der Waals surface area contributed by atoms with E-state index >= 15 is 8.78 Å². The van der Waals surface area contributed by atoms with Gasteiger partial charge in [-0.3, -0.25) is 5.32 Å². The van der Waals surface area contributed by atoms with Crippen molar-refractivity contribution in [3.05, 3.63) is 78.9 Å². The van der Waals surface area contributed by atoms with E-state index in [0.29, 0.717) is 17.0 Å². The summed E-state index contributed by atoms with van der Waals surface area (Å²) in [5.41, 5.74) is -1.01. The van der Waals surface area contributed by atoms with Gasteiger partial charge in [-0.1, -0.05) is 58.6 Å². The summed E-state index contributed by atoms with van der Waals surface area (Å²) in [6, 6.07) is 10.7. The summed E-state index contributed by atoms with van der Waals surface area (Å²) < 4.78 is 263. The number of hydrogen-bond donors (Lipinski definition) is 1. The van der Waals surface area contributed by atoms with E-state index in [-0.39, 0.29) is 25.2 Å². The van der Waals surface area contributed by atoms with Crippen molar-refractivity contribution in [2.24, 2.45) is 0 Å². The first kappa shape index (κ1) is 58.4. The third-order valence-electron chi connectivity index (χ3n) is 10.3. The molecule has 0 saturated heterocycles. The first-order valence-corrected chi connectivity index (χ1v) is 22.0. The second kappa shape index (κ2) is 22.1. The summed E-state index contributed by atoms with van der Waals surface area (Å²) in [5, 5.41) is 2.55. The minimum absolute atomic E-state index is 0.0305. The molecule has 2 aromatic rings. The molecule has 26 heteroatoms. The number of methoxy groups -OCH3 is 1. The zero-order valence-electron chi connectivity index (χ0n) is 36.0. The van der Waals surface area contributed by atoms with Crippen LogP contribution in [0.5, 0.6) is 11.5 Å². The Morgan fingerprint density at radius 1 is 0.687 bits per heavy atom. The number of amides is 1. The van der Waals surface area contributed by atoms with Crippen LogP contribution in [0, 0.1) is 0 Å². The number of anilines is 1. The molecule has 67 heavy (non-hydrogen) atoms. The molecule has 0 fully saturated rings. The van der Waals surface area contributed by atoms with Gasteiger partial charge in [0.25, 0.3) is 0 Å². The van der Waals surface area contributed by atoms with Crippen LogP contribution in [-0.2, 0) is 18.7 Å². The van der Waals surface area contributed by atoms with Crippen LogP contribution in [-0.4, -0.2) is 94.9 Å². The summed E-state index contributed by atoms with van der Waals surface area (Å²) >= 11 is 0. The monoisotopic (exact) mass is 1020 g/mol. The van der Waals surface area contributed by atoms with Crippen molar-refractivity contribution in [2.75, 3.05) is 32.2 Å². The number of halogens is 17. The fourth-order valence-electron chi connectivity index (χ4n) is 6.39. The molecule has 0 heterocycles. The van der Waals surface area contributed by atoms with Gasteiger partial charge in [0.15, 0.2) is 8.32 Å². The highest BCUT2D eigenvalue weighted by atomic mass is 28.4. The van der Waals surface area contributed by atoms with Gasteiger partial charge in [-0.15, -0.1) is 0 Å². The zero-order chi connectivity index (χ0) is 51.7. The molecule has 1 amide bonds. The Balaban J connectivity index is 2.26. The van der Waals surface area contributed by atoms with Crippen molar-refractivity contribution in [1.82, 2.24) is 0 Å². The molecular formula is C41H46F17NO7Si. The fourth-order valence-corrected chi connectivity index (χ4v) is 10.9. The van der Waals surface area contributed by atoms with Gasteiger partial charge in [0.2, 0.25) is 0 Å². The lowest BCUT2D eigenvalue weighted by atomic mass is 9.88. The quantitative estimate of drug-likeness (QED) is 0.0251. The SMILES string of the molecule is C=CCOC(=O)/C=C/CC[C@@H](OC(=O)Nc1ccc(OC)cc1)c1ccc(OCCO[Si](CCC(F)(F)C(F)(F)C(F)(F)C(F)(F)C(F)(F)C(F)(F)C(F)(F)C(F)(F)F)(C(C)C)C(C)C)cc1. The standard InChI is InChI=1S/C41H46F17NO7Si/c1-7-21-64-32(60)11-9-8-10-31(66-33(61)59-28-14-18-29(62-6)19-15-28)27-12-16-30(17-13-27)63-22-23-65-67(25(2)3,26(4)5)24-20-34(42,43)35(44,45)36(46,47)37(48,49)38(50,51)39(52,53)40(54,55)41(56,57)58/h7,9,11-19,25-26,31H,1,8,10,20-24H2,2-6H3,(H,59,61)/b11-9+/t31-/m1/s1. The van der Waals surface area contributed by atoms with E-state index in [1.807, 2.05) is 0 Å². The second-order valence-electron chi connectivity index (χ2n) is 15.3. The third-order valence-corrected chi connectivity index (χ3v) is 16.0. The van der Waals surface area contributed by atoms with Crippen LogP contribution in [0.4, 0.5) is 85.1 Å². The maximum Gasteiger partial charge on any atom is 0.460 e. The van der Waals surface area contributed by atoms with Crippen LogP contribution >= 0.6 is 0 Å². The Bertz CT molecular complexity index is 1950. The van der Waals surface area contributed by atoms with E-state index in [2.05, 4.69) is 11.9 Å². The van der Waals surface area contributed by atoms with Crippen molar-refractivity contribution in [3.63, 3.8) is 0 Å². The summed E-state index contributed by atoms with van der Waals surface area (Å²) in [6.45, 7) is 7.70. The zero-order valence-corrected chi connectivity index (χ0v) is 37.0. The molecule has 0 aliphatic heterocycles. The number of ether oxygens (including phenoxy) is 4. The number of esters is 1. The molecule has 0 unspecified atom stereocenters. The van der Waals surface area contributed by atoms with E-state index in [0.717, 1.165) is 6.08 Å². The van der Waals surface area contributed by atoms with Crippen LogP contribution in [0.15, 0.2) is 73.3 Å². The lowest BCUT2D eigenvalue weighted by Crippen LogP contribution is -2.74. The number of nitrogens with one attached hydrogen (secondary N) is 1. The topological polar surface area (TPSA) is 92.3 Å². The largest absolute Gasteiger partial charge is 0.497 e. The number of benzene rings is 2. The van der Waals surface area contributed by atoms with Gasteiger partial charge in [0.05, 0.1) is 13.7 Å². The van der Waals surface area contributed by atoms with E-state index in [9.17, 15) is 75.4 Å². The Labute approximate surface area is 373 Å². The van der Waals surface area contributed by atoms with Gasteiger partial charge in [-0.2, -0.15) is 74.6 Å². The lowest BCUT2D eigenvalue weighted by Gasteiger charge is -2.44. The highest BCUT2D eigenvalue weighted by Crippen LogP contribution is 2.64. The predicted molar refractivity (Wildman–Crippen MR) is 209 cm³/mol. The molecule has 1 N–H and O–H groups in total. The van der Waals surface area contributed by atoms with Gasteiger partial charge in [0.1, 0.15) is 30.8 Å². The van der Waals surface area contributed by atoms with Gasteiger partial charge in [-0.25, -0.2) is 9.59 Å². The predicted octanol–water partition coefficient (Wildman–Crippen LogP) is 13.6. The molecule has 0 bridgehead atoms. The minimum atomic E-state index is -8.70. The molecule has 0 saturated carbocycles. The number of hydrogen-bond acceptors (Lipinski definition) is 7. The third kappa shape index (κ3) is 12.7. The molecule has 380 valence electrons. The van der Waals surface area contributed by atoms with E-state index in [4.69, 9.17) is 23.4 Å². The lowest BCUT2D eigenvalue weighted by molar-refractivity contribution is -0.461. The molecular weight excluding hydrogens is 970 g/mol. The summed E-state index contributed by atoms with van der Waals surface area (Å²) in [5.74, 6) is -56.9. The Kier molecular flexibility index (Phi) is 19.3. The minimum Gasteiger partial charge on any atom is -0.497 e. The maximum absolute atomic E-state index is 15.0. The van der Waals surface area contributed by atoms with Crippen molar-refractivity contribution in [3.8, 4) is 11.5 Å². The van der Waals surface area contributed by atoms with Crippen molar-refractivity contribution in [1.29, 1.82) is 0 Å². The first-order valence-electron chi connectivity index (χ1n) is 19.7. The summed E-state index contributed by atoms with van der Waals surface area (Å²) in [7, 11) is -2.57. The van der Waals surface area contributed by atoms with Crippen molar-refractivity contribution < 1.29 is 108 Å². The molecule has 0 radical (unpaired) electrons. The van der Waals surface area contributed by atoms with E-state index in [1.165, 1.54) is 71.2 Å². The van der Waals surface area contributed by atoms with E-state index in [1.54, 1.807) is 24.3 Å². The highest BCUT2D eigenvalue weighted by molar-refractivity contribution is 6.76. The average Bonchev–Trinajstić information content (AvgIpc) is 3.23. The Morgan fingerprint density at radius 3 is 1.66 bits per heavy atom. The Hall–Kier alpha value is -4.75. The van der Waals surface area contributed by atoms with Gasteiger partial charge < -0.3 is 23.4 Å². The summed E-state index contributed by atoms with van der Waals surface area (Å²) in [4.78, 5) is 24.6. The average molecular weight is 1020 g/mol. The summed E-state index contributed by atoms with van der Waals surface area (Å²) in [6.07, 6.45) is -7.86. The number of rotatable bonds is 26.